The number of carbonyl (C=O) groups is 1. The first kappa shape index (κ1) is 19.9. The average Bonchev–Trinajstić information content (AvgIpc) is 2.63. The van der Waals surface area contributed by atoms with Crippen LogP contribution < -0.4 is 20.7 Å². The first-order chi connectivity index (χ1) is 12.6. The predicted molar refractivity (Wildman–Crippen MR) is 96.3 cm³/mol. The van der Waals surface area contributed by atoms with E-state index >= 15 is 0 Å². The van der Waals surface area contributed by atoms with Crippen molar-refractivity contribution in [1.82, 2.24) is 16.0 Å². The van der Waals surface area contributed by atoms with Gasteiger partial charge in [-0.1, -0.05) is 37.5 Å². The average molecular weight is 368 g/mol. The van der Waals surface area contributed by atoms with Crippen LogP contribution in [0, 0.1) is 0 Å². The normalized spacial score (nSPS) is 15.6. The maximum absolute atomic E-state index is 12.4. The lowest BCUT2D eigenvalue weighted by atomic mass is 9.95. The molecule has 1 aliphatic carbocycles. The maximum atomic E-state index is 12.4. The minimum Gasteiger partial charge on any atom is -0.434 e. The van der Waals surface area contributed by atoms with E-state index in [1.54, 1.807) is 25.2 Å². The Morgan fingerprint density at radius 3 is 2.65 bits per heavy atom. The highest BCUT2D eigenvalue weighted by Crippen LogP contribution is 2.20. The zero-order chi connectivity index (χ0) is 18.8. The number of hydrogen-bond acceptors (Lipinski definition) is 3. The number of alkyl halides is 2. The summed E-state index contributed by atoms with van der Waals surface area (Å²) in [6, 6.07) is 6.80. The van der Waals surface area contributed by atoms with Crippen molar-refractivity contribution in [1.29, 1.82) is 0 Å². The molecule has 0 atom stereocenters. The summed E-state index contributed by atoms with van der Waals surface area (Å²) in [5, 5.41) is 8.93. The van der Waals surface area contributed by atoms with E-state index in [9.17, 15) is 13.6 Å². The highest BCUT2D eigenvalue weighted by Gasteiger charge is 2.15. The summed E-state index contributed by atoms with van der Waals surface area (Å²) in [5.41, 5.74) is 0.572. The minimum absolute atomic E-state index is 0.0821. The molecule has 2 rings (SSSR count). The number of aliphatic imine (C=N–C) groups is 1. The molecule has 1 aliphatic rings. The molecule has 6 nitrogen and oxygen atoms in total. The number of ether oxygens (including phenoxy) is 1. The zero-order valence-corrected chi connectivity index (χ0v) is 14.9. The van der Waals surface area contributed by atoms with Crippen LogP contribution in [0.25, 0.3) is 0 Å². The van der Waals surface area contributed by atoms with Crippen LogP contribution in [0.5, 0.6) is 5.75 Å². The Bertz CT molecular complexity index is 605. The fourth-order valence-corrected chi connectivity index (χ4v) is 2.95. The quantitative estimate of drug-likeness (QED) is 0.510. The third kappa shape index (κ3) is 6.85. The van der Waals surface area contributed by atoms with Gasteiger partial charge in [0.1, 0.15) is 5.75 Å². The van der Waals surface area contributed by atoms with E-state index < -0.39 is 6.61 Å². The zero-order valence-electron chi connectivity index (χ0n) is 14.9. The molecule has 26 heavy (non-hydrogen) atoms. The van der Waals surface area contributed by atoms with Crippen LogP contribution in [0.1, 0.15) is 37.7 Å². The van der Waals surface area contributed by atoms with Gasteiger partial charge in [0, 0.05) is 25.2 Å². The molecule has 0 aliphatic heterocycles. The van der Waals surface area contributed by atoms with Gasteiger partial charge in [-0.05, 0) is 18.9 Å². The molecule has 1 aromatic rings. The Kier molecular flexibility index (Phi) is 8.11. The number of halogens is 2. The third-order valence-corrected chi connectivity index (χ3v) is 4.25. The topological polar surface area (TPSA) is 74.8 Å². The lowest BCUT2D eigenvalue weighted by molar-refractivity contribution is -0.120. The molecule has 8 heteroatoms. The maximum Gasteiger partial charge on any atom is 0.387 e. The van der Waals surface area contributed by atoms with Crippen LogP contribution in [-0.4, -0.2) is 38.1 Å². The highest BCUT2D eigenvalue weighted by molar-refractivity contribution is 5.86. The summed E-state index contributed by atoms with van der Waals surface area (Å²) in [6.07, 6.45) is 5.60. The van der Waals surface area contributed by atoms with E-state index in [0.717, 1.165) is 25.7 Å². The van der Waals surface area contributed by atoms with Crippen LogP contribution in [0.2, 0.25) is 0 Å². The molecule has 0 radical (unpaired) electrons. The Hall–Kier alpha value is -2.38. The number of guanidine groups is 1. The SMILES string of the molecule is CN=C(NCC(=O)NC1CCCCC1)NCc1ccccc1OC(F)F. The molecule has 0 spiro atoms. The Morgan fingerprint density at radius 2 is 1.96 bits per heavy atom. The lowest BCUT2D eigenvalue weighted by Gasteiger charge is -2.23. The van der Waals surface area contributed by atoms with Gasteiger partial charge in [-0.3, -0.25) is 9.79 Å². The molecule has 1 aromatic carbocycles. The van der Waals surface area contributed by atoms with Gasteiger partial charge < -0.3 is 20.7 Å². The predicted octanol–water partition coefficient (Wildman–Crippen LogP) is 2.40. The van der Waals surface area contributed by atoms with Gasteiger partial charge >= 0.3 is 6.61 Å². The second-order valence-corrected chi connectivity index (χ2v) is 6.17. The van der Waals surface area contributed by atoms with Crippen LogP contribution in [0.15, 0.2) is 29.3 Å². The van der Waals surface area contributed by atoms with Crippen LogP contribution in [0.3, 0.4) is 0 Å². The number of nitrogens with one attached hydrogen (secondary N) is 3. The van der Waals surface area contributed by atoms with Gasteiger partial charge in [-0.2, -0.15) is 8.78 Å². The van der Waals surface area contributed by atoms with Gasteiger partial charge in [0.2, 0.25) is 5.91 Å². The van der Waals surface area contributed by atoms with Crippen molar-refractivity contribution in [2.24, 2.45) is 4.99 Å². The number of amides is 1. The first-order valence-corrected chi connectivity index (χ1v) is 8.85. The number of carbonyl (C=O) groups excluding carboxylic acids is 1. The summed E-state index contributed by atoms with van der Waals surface area (Å²) in [4.78, 5) is 16.1. The van der Waals surface area contributed by atoms with Crippen LogP contribution >= 0.6 is 0 Å². The summed E-state index contributed by atoms with van der Waals surface area (Å²) in [5.74, 6) is 0.442. The second kappa shape index (κ2) is 10.6. The van der Waals surface area contributed by atoms with Crippen molar-refractivity contribution in [2.75, 3.05) is 13.6 Å². The van der Waals surface area contributed by atoms with Crippen LogP contribution in [-0.2, 0) is 11.3 Å². The van der Waals surface area contributed by atoms with Gasteiger partial charge in [0.05, 0.1) is 6.54 Å². The monoisotopic (exact) mass is 368 g/mol. The summed E-state index contributed by atoms with van der Waals surface area (Å²) in [7, 11) is 1.58. The third-order valence-electron chi connectivity index (χ3n) is 4.25. The highest BCUT2D eigenvalue weighted by atomic mass is 19.3. The number of para-hydroxylation sites is 1. The van der Waals surface area contributed by atoms with Crippen molar-refractivity contribution < 1.29 is 18.3 Å². The van der Waals surface area contributed by atoms with E-state index in [0.29, 0.717) is 11.5 Å². The van der Waals surface area contributed by atoms with Crippen molar-refractivity contribution in [3.8, 4) is 5.75 Å². The fraction of sp³-hybridized carbons (Fsp3) is 0.556. The van der Waals surface area contributed by atoms with Gasteiger partial charge in [0.15, 0.2) is 5.96 Å². The minimum atomic E-state index is -2.88. The van der Waals surface area contributed by atoms with Crippen molar-refractivity contribution in [2.45, 2.75) is 51.3 Å². The molecule has 1 fully saturated rings. The largest absolute Gasteiger partial charge is 0.434 e. The lowest BCUT2D eigenvalue weighted by Crippen LogP contribution is -2.45. The fourth-order valence-electron chi connectivity index (χ4n) is 2.95. The van der Waals surface area contributed by atoms with Crippen LogP contribution in [0.4, 0.5) is 8.78 Å². The molecule has 0 aromatic heterocycles. The van der Waals surface area contributed by atoms with Gasteiger partial charge in [0.25, 0.3) is 0 Å². The van der Waals surface area contributed by atoms with Gasteiger partial charge in [-0.15, -0.1) is 0 Å². The first-order valence-electron chi connectivity index (χ1n) is 8.85. The van der Waals surface area contributed by atoms with E-state index in [-0.39, 0.29) is 30.8 Å². The summed E-state index contributed by atoms with van der Waals surface area (Å²) < 4.78 is 29.4. The van der Waals surface area contributed by atoms with Crippen molar-refractivity contribution in [3.63, 3.8) is 0 Å². The van der Waals surface area contributed by atoms with E-state index in [1.165, 1.54) is 12.5 Å². The molecule has 0 unspecified atom stereocenters. The molecule has 144 valence electrons. The smallest absolute Gasteiger partial charge is 0.387 e. The Balaban J connectivity index is 1.78. The summed E-state index contributed by atoms with van der Waals surface area (Å²) in [6.45, 7) is -2.53. The van der Waals surface area contributed by atoms with E-state index in [2.05, 4.69) is 25.7 Å². The molecule has 0 bridgehead atoms. The summed E-state index contributed by atoms with van der Waals surface area (Å²) >= 11 is 0. The van der Waals surface area contributed by atoms with Crippen molar-refractivity contribution >= 4 is 11.9 Å². The van der Waals surface area contributed by atoms with E-state index in [1.807, 2.05) is 0 Å². The standard InChI is InChI=1S/C18H26F2N4O2/c1-21-18(23-12-16(25)24-14-8-3-2-4-9-14)22-11-13-7-5-6-10-15(13)26-17(19)20/h5-7,10,14,17H,2-4,8-9,11-12H2,1H3,(H,24,25)(H2,21,22,23). The molecular formula is C18H26F2N4O2. The number of hydrogen-bond donors (Lipinski definition) is 3. The number of benzene rings is 1. The molecule has 0 saturated heterocycles. The Morgan fingerprint density at radius 1 is 1.23 bits per heavy atom. The molecule has 1 saturated carbocycles. The molecule has 1 amide bonds. The van der Waals surface area contributed by atoms with Gasteiger partial charge in [-0.25, -0.2) is 0 Å². The number of nitrogens with zero attached hydrogens (tertiary/aromatic N) is 1. The number of rotatable bonds is 7. The molecule has 3 N–H and O–H groups in total. The second-order valence-electron chi connectivity index (χ2n) is 6.17. The molecule has 0 heterocycles. The molecular weight excluding hydrogens is 342 g/mol. The van der Waals surface area contributed by atoms with E-state index in [4.69, 9.17) is 0 Å². The van der Waals surface area contributed by atoms with Crippen molar-refractivity contribution in [3.05, 3.63) is 29.8 Å². The Labute approximate surface area is 152 Å².